The van der Waals surface area contributed by atoms with E-state index in [9.17, 15) is 33.4 Å². The van der Waals surface area contributed by atoms with Crippen LogP contribution in [0.15, 0.2) is 73.1 Å². The number of nitrogens with zero attached hydrogens (tertiary/aromatic N) is 1. The number of hydrogen-bond acceptors (Lipinski definition) is 7. The van der Waals surface area contributed by atoms with Crippen molar-refractivity contribution in [2.75, 3.05) is 5.75 Å². The summed E-state index contributed by atoms with van der Waals surface area (Å²) in [5.41, 5.74) is 0.753. The number of aliphatic hydroxyl groups excluding tert-OH is 2. The first-order chi connectivity index (χ1) is 24.1. The van der Waals surface area contributed by atoms with Gasteiger partial charge in [0.15, 0.2) is 0 Å². The molecule has 0 unspecified atom stereocenters. The summed E-state index contributed by atoms with van der Waals surface area (Å²) in [5.74, 6) is -3.08. The van der Waals surface area contributed by atoms with Crippen molar-refractivity contribution in [3.63, 3.8) is 0 Å². The molecule has 0 aliphatic heterocycles. The first-order valence-electron chi connectivity index (χ1n) is 17.4. The molecule has 3 rings (SSSR count). The summed E-state index contributed by atoms with van der Waals surface area (Å²) in [4.78, 5) is 44.3. The van der Waals surface area contributed by atoms with Gasteiger partial charge in [-0.05, 0) is 67.6 Å². The van der Waals surface area contributed by atoms with Crippen LogP contribution in [0.25, 0.3) is 0 Å². The lowest BCUT2D eigenvalue weighted by atomic mass is 9.91. The molecule has 3 aromatic rings. The van der Waals surface area contributed by atoms with Crippen LogP contribution in [0.1, 0.15) is 92.0 Å². The zero-order valence-corrected chi connectivity index (χ0v) is 29.8. The summed E-state index contributed by atoms with van der Waals surface area (Å²) in [6.45, 7) is 6.12. The van der Waals surface area contributed by atoms with E-state index in [2.05, 4.69) is 34.8 Å². The molecule has 3 amide bonds. The molecule has 0 aliphatic carbocycles. The van der Waals surface area contributed by atoms with E-state index < -0.39 is 59.7 Å². The maximum atomic E-state index is 14.3. The lowest BCUT2D eigenvalue weighted by Crippen LogP contribution is -2.59. The Kier molecular flexibility index (Phi) is 17.3. The average molecular weight is 713 g/mol. The number of nitrogens with one attached hydrogen (secondary N) is 3. The van der Waals surface area contributed by atoms with E-state index >= 15 is 0 Å². The predicted molar refractivity (Wildman–Crippen MR) is 193 cm³/mol. The van der Waals surface area contributed by atoms with Crippen molar-refractivity contribution in [1.29, 1.82) is 0 Å². The smallest absolute Gasteiger partial charge is 0.253 e. The van der Waals surface area contributed by atoms with Crippen molar-refractivity contribution in [3.05, 3.63) is 101 Å². The molecule has 9 nitrogen and oxygen atoms in total. The van der Waals surface area contributed by atoms with E-state index in [4.69, 9.17) is 0 Å². The number of aromatic nitrogens is 1. The van der Waals surface area contributed by atoms with Crippen LogP contribution >= 0.6 is 11.8 Å². The number of rotatable bonds is 21. The molecule has 50 heavy (non-hydrogen) atoms. The topological polar surface area (TPSA) is 141 Å². The Morgan fingerprint density at radius 3 is 1.98 bits per heavy atom. The summed E-state index contributed by atoms with van der Waals surface area (Å²) in [5, 5.41) is 31.9. The normalized spacial score (nSPS) is 14.3. The number of benzene rings is 2. The Morgan fingerprint density at radius 2 is 1.38 bits per heavy atom. The molecule has 1 aromatic heterocycles. The van der Waals surface area contributed by atoms with Crippen molar-refractivity contribution >= 4 is 29.5 Å². The minimum atomic E-state index is -1.68. The zero-order chi connectivity index (χ0) is 36.5. The maximum Gasteiger partial charge on any atom is 0.253 e. The summed E-state index contributed by atoms with van der Waals surface area (Å²) in [7, 11) is 0. The SMILES string of the molecule is CCCC[C@@H](NC(=O)c1ccccc1)[C@@H](O)[C@H](O)[C@H](Cc1cc(F)cc(F)c1)NC(=O)[C@@H](CSC(CCC)CCC)NC(=O)c1cccnc1. The highest BCUT2D eigenvalue weighted by atomic mass is 32.2. The van der Waals surface area contributed by atoms with Crippen molar-refractivity contribution < 1.29 is 33.4 Å². The fourth-order valence-electron chi connectivity index (χ4n) is 5.70. The van der Waals surface area contributed by atoms with Gasteiger partial charge in [0.2, 0.25) is 5.91 Å². The second-order valence-corrected chi connectivity index (χ2v) is 13.8. The van der Waals surface area contributed by atoms with Crippen molar-refractivity contribution in [2.45, 2.75) is 108 Å². The van der Waals surface area contributed by atoms with E-state index in [1.165, 1.54) is 12.4 Å². The van der Waals surface area contributed by atoms with Crippen LogP contribution in [-0.4, -0.2) is 74.3 Å². The van der Waals surface area contributed by atoms with Crippen LogP contribution < -0.4 is 16.0 Å². The van der Waals surface area contributed by atoms with E-state index in [1.807, 2.05) is 6.92 Å². The summed E-state index contributed by atoms with van der Waals surface area (Å²) in [6.07, 6.45) is 4.84. The van der Waals surface area contributed by atoms with Gasteiger partial charge in [-0.1, -0.05) is 64.7 Å². The summed E-state index contributed by atoms with van der Waals surface area (Å²) >= 11 is 1.56. The first-order valence-corrected chi connectivity index (χ1v) is 18.4. The molecule has 5 N–H and O–H groups in total. The van der Waals surface area contributed by atoms with Crippen LogP contribution in [0, 0.1) is 11.6 Å². The molecule has 5 atom stereocenters. The number of aliphatic hydroxyl groups is 2. The van der Waals surface area contributed by atoms with Gasteiger partial charge in [-0.3, -0.25) is 19.4 Å². The van der Waals surface area contributed by atoms with Gasteiger partial charge in [0, 0.05) is 35.0 Å². The Bertz CT molecular complexity index is 1460. The zero-order valence-electron chi connectivity index (χ0n) is 29.0. The average Bonchev–Trinajstić information content (AvgIpc) is 3.11. The van der Waals surface area contributed by atoms with Gasteiger partial charge in [0.25, 0.3) is 11.8 Å². The molecular weight excluding hydrogens is 663 g/mol. The molecule has 0 spiro atoms. The lowest BCUT2D eigenvalue weighted by Gasteiger charge is -2.34. The molecule has 272 valence electrons. The highest BCUT2D eigenvalue weighted by Crippen LogP contribution is 2.23. The van der Waals surface area contributed by atoms with Crippen molar-refractivity contribution in [1.82, 2.24) is 20.9 Å². The highest BCUT2D eigenvalue weighted by molar-refractivity contribution is 8.00. The van der Waals surface area contributed by atoms with E-state index in [0.717, 1.165) is 44.2 Å². The maximum absolute atomic E-state index is 14.3. The number of halogens is 2. The van der Waals surface area contributed by atoms with Gasteiger partial charge < -0.3 is 26.2 Å². The van der Waals surface area contributed by atoms with Gasteiger partial charge in [0.05, 0.1) is 17.6 Å². The summed E-state index contributed by atoms with van der Waals surface area (Å²) in [6, 6.07) is 11.3. The number of pyridine rings is 1. The molecule has 0 saturated heterocycles. The van der Waals surface area contributed by atoms with Crippen LogP contribution in [0.2, 0.25) is 0 Å². The lowest BCUT2D eigenvalue weighted by molar-refractivity contribution is -0.125. The van der Waals surface area contributed by atoms with Crippen LogP contribution in [-0.2, 0) is 11.2 Å². The highest BCUT2D eigenvalue weighted by Gasteiger charge is 2.36. The van der Waals surface area contributed by atoms with Crippen LogP contribution in [0.5, 0.6) is 0 Å². The van der Waals surface area contributed by atoms with Crippen LogP contribution in [0.3, 0.4) is 0 Å². The van der Waals surface area contributed by atoms with Crippen LogP contribution in [0.4, 0.5) is 8.78 Å². The van der Waals surface area contributed by atoms with E-state index in [-0.39, 0.29) is 28.6 Å². The van der Waals surface area contributed by atoms with Gasteiger partial charge in [-0.15, -0.1) is 0 Å². The van der Waals surface area contributed by atoms with E-state index in [0.29, 0.717) is 24.5 Å². The molecule has 0 saturated carbocycles. The Morgan fingerprint density at radius 1 is 0.760 bits per heavy atom. The second-order valence-electron chi connectivity index (χ2n) is 12.5. The number of amides is 3. The fraction of sp³-hybridized carbons (Fsp3) is 0.474. The number of hydrogen-bond donors (Lipinski definition) is 5. The van der Waals surface area contributed by atoms with Gasteiger partial charge in [0.1, 0.15) is 29.9 Å². The summed E-state index contributed by atoms with van der Waals surface area (Å²) < 4.78 is 28.5. The quantitative estimate of drug-likeness (QED) is 0.0969. The minimum absolute atomic E-state index is 0.133. The standard InChI is InChI=1S/C38H50F2N4O5S/c1-4-7-17-31(42-36(47)26-14-9-8-10-15-26)34(45)35(46)32(21-25-19-28(39)22-29(40)20-25)43-38(49)33(24-50-30(12-5-2)13-6-3)44-37(48)27-16-11-18-41-23-27/h8-11,14-16,18-20,22-23,30-35,45-46H,4-7,12-13,17,21,24H2,1-3H3,(H,42,47)(H,43,49)(H,44,48)/t31-,32+,33-,34-,35-/m1/s1. The predicted octanol–water partition coefficient (Wildman–Crippen LogP) is 5.60. The molecule has 0 radical (unpaired) electrons. The Hall–Kier alpha value is -3.87. The molecule has 0 bridgehead atoms. The Balaban J connectivity index is 1.93. The van der Waals surface area contributed by atoms with E-state index in [1.54, 1.807) is 54.2 Å². The largest absolute Gasteiger partial charge is 0.388 e. The molecule has 0 fully saturated rings. The number of thioether (sulfide) groups is 1. The number of carbonyl (C=O) groups is 3. The second kappa shape index (κ2) is 21.4. The van der Waals surface area contributed by atoms with Gasteiger partial charge in [-0.2, -0.15) is 11.8 Å². The molecule has 12 heteroatoms. The number of unbranched alkanes of at least 4 members (excludes halogenated alkanes) is 1. The first kappa shape index (κ1) is 40.6. The third-order valence-electron chi connectivity index (χ3n) is 8.37. The monoisotopic (exact) mass is 712 g/mol. The third kappa shape index (κ3) is 13.1. The third-order valence-corrected chi connectivity index (χ3v) is 9.84. The number of carbonyl (C=O) groups excluding carboxylic acids is 3. The molecule has 2 aromatic carbocycles. The van der Waals surface area contributed by atoms with Gasteiger partial charge in [-0.25, -0.2) is 8.78 Å². The fourth-order valence-corrected chi connectivity index (χ4v) is 7.21. The molecule has 0 aliphatic rings. The van der Waals surface area contributed by atoms with Crippen molar-refractivity contribution in [2.24, 2.45) is 0 Å². The Labute approximate surface area is 298 Å². The van der Waals surface area contributed by atoms with Gasteiger partial charge >= 0.3 is 0 Å². The minimum Gasteiger partial charge on any atom is -0.388 e. The molecule has 1 heterocycles. The van der Waals surface area contributed by atoms with Crippen molar-refractivity contribution in [3.8, 4) is 0 Å². The molecular formula is C38H50F2N4O5S.